The summed E-state index contributed by atoms with van der Waals surface area (Å²) >= 11 is 0. The Balaban J connectivity index is 2.85. The van der Waals surface area contributed by atoms with Gasteiger partial charge in [-0.1, -0.05) is 13.3 Å². The van der Waals surface area contributed by atoms with Crippen LogP contribution in [0, 0.1) is 10.1 Å². The molecule has 0 amide bonds. The van der Waals surface area contributed by atoms with Gasteiger partial charge in [-0.3, -0.25) is 14.9 Å². The number of carbonyl (C=O) groups excluding carboxylic acids is 1. The maximum absolute atomic E-state index is 10.7. The molecule has 0 bridgehead atoms. The molecule has 86 valence electrons. The lowest BCUT2D eigenvalue weighted by Gasteiger charge is -2.05. The van der Waals surface area contributed by atoms with E-state index in [9.17, 15) is 14.9 Å². The molecule has 1 aromatic carbocycles. The number of nitrogens with zero attached hydrogens (tertiary/aromatic N) is 1. The molecule has 0 saturated carbocycles. The molecule has 16 heavy (non-hydrogen) atoms. The van der Waals surface area contributed by atoms with Crippen LogP contribution < -0.4 is 4.74 Å². The standard InChI is InChI=1S/C11H13NO4/c1-2-3-6-16-10-5-4-9(8-13)11(7-10)12(14)15/h4-5,7-8H,2-3,6H2,1H3. The first-order valence-electron chi connectivity index (χ1n) is 5.05. The van der Waals surface area contributed by atoms with Gasteiger partial charge in [-0.25, -0.2) is 0 Å². The molecule has 0 aliphatic carbocycles. The Labute approximate surface area is 93.2 Å². The third-order valence-corrected chi connectivity index (χ3v) is 2.09. The fourth-order valence-electron chi connectivity index (χ4n) is 1.21. The topological polar surface area (TPSA) is 69.4 Å². The van der Waals surface area contributed by atoms with Crippen molar-refractivity contribution in [3.63, 3.8) is 0 Å². The van der Waals surface area contributed by atoms with Crippen LogP contribution in [-0.2, 0) is 0 Å². The van der Waals surface area contributed by atoms with Gasteiger partial charge in [0.2, 0.25) is 0 Å². The van der Waals surface area contributed by atoms with E-state index in [0.29, 0.717) is 18.6 Å². The molecule has 0 radical (unpaired) electrons. The van der Waals surface area contributed by atoms with Crippen molar-refractivity contribution in [3.05, 3.63) is 33.9 Å². The van der Waals surface area contributed by atoms with Crippen LogP contribution in [0.2, 0.25) is 0 Å². The number of rotatable bonds is 6. The molecular weight excluding hydrogens is 210 g/mol. The summed E-state index contributed by atoms with van der Waals surface area (Å²) in [6.07, 6.45) is 2.35. The predicted molar refractivity (Wildman–Crippen MR) is 58.9 cm³/mol. The first-order valence-corrected chi connectivity index (χ1v) is 5.05. The third-order valence-electron chi connectivity index (χ3n) is 2.09. The Morgan fingerprint density at radius 3 is 2.81 bits per heavy atom. The van der Waals surface area contributed by atoms with Gasteiger partial charge in [0.15, 0.2) is 6.29 Å². The van der Waals surface area contributed by atoms with Crippen LogP contribution in [0.15, 0.2) is 18.2 Å². The number of hydrogen-bond acceptors (Lipinski definition) is 4. The third kappa shape index (κ3) is 3.05. The van der Waals surface area contributed by atoms with Gasteiger partial charge < -0.3 is 4.74 Å². The molecule has 0 aromatic heterocycles. The number of ether oxygens (including phenoxy) is 1. The number of hydrogen-bond donors (Lipinski definition) is 0. The molecule has 0 spiro atoms. The number of nitro benzene ring substituents is 1. The molecule has 5 nitrogen and oxygen atoms in total. The zero-order chi connectivity index (χ0) is 12.0. The fourth-order valence-corrected chi connectivity index (χ4v) is 1.21. The van der Waals surface area contributed by atoms with Crippen molar-refractivity contribution in [2.75, 3.05) is 6.61 Å². The number of benzene rings is 1. The Morgan fingerprint density at radius 2 is 2.25 bits per heavy atom. The monoisotopic (exact) mass is 223 g/mol. The maximum Gasteiger partial charge on any atom is 0.283 e. The van der Waals surface area contributed by atoms with Gasteiger partial charge in [0.25, 0.3) is 5.69 Å². The number of unbranched alkanes of at least 4 members (excludes halogenated alkanes) is 1. The van der Waals surface area contributed by atoms with Crippen molar-refractivity contribution < 1.29 is 14.5 Å². The normalized spacial score (nSPS) is 9.81. The van der Waals surface area contributed by atoms with E-state index in [1.807, 2.05) is 6.92 Å². The van der Waals surface area contributed by atoms with Crippen LogP contribution in [0.4, 0.5) is 5.69 Å². The average Bonchev–Trinajstić information content (AvgIpc) is 2.29. The SMILES string of the molecule is CCCCOc1ccc(C=O)c([N+](=O)[O-])c1. The lowest BCUT2D eigenvalue weighted by Crippen LogP contribution is -1.99. The van der Waals surface area contributed by atoms with Gasteiger partial charge in [-0.15, -0.1) is 0 Å². The molecule has 0 saturated heterocycles. The molecule has 1 aromatic rings. The highest BCUT2D eigenvalue weighted by atomic mass is 16.6. The van der Waals surface area contributed by atoms with Crippen molar-refractivity contribution in [1.29, 1.82) is 0 Å². The van der Waals surface area contributed by atoms with Crippen molar-refractivity contribution in [2.24, 2.45) is 0 Å². The molecule has 5 heteroatoms. The molecule has 0 unspecified atom stereocenters. The second-order valence-corrected chi connectivity index (χ2v) is 3.30. The molecule has 0 fully saturated rings. The summed E-state index contributed by atoms with van der Waals surface area (Å²) in [5.74, 6) is 0.422. The van der Waals surface area contributed by atoms with Gasteiger partial charge >= 0.3 is 0 Å². The van der Waals surface area contributed by atoms with E-state index in [2.05, 4.69) is 0 Å². The summed E-state index contributed by atoms with van der Waals surface area (Å²) in [4.78, 5) is 20.6. The first-order chi connectivity index (χ1) is 7.69. The van der Waals surface area contributed by atoms with Gasteiger partial charge in [0.1, 0.15) is 5.75 Å². The molecule has 0 atom stereocenters. The van der Waals surface area contributed by atoms with Crippen molar-refractivity contribution in [3.8, 4) is 5.75 Å². The Hall–Kier alpha value is -1.91. The van der Waals surface area contributed by atoms with Crippen LogP contribution >= 0.6 is 0 Å². The van der Waals surface area contributed by atoms with Crippen LogP contribution in [0.1, 0.15) is 30.1 Å². The molecule has 0 heterocycles. The molecule has 0 N–H and O–H groups in total. The molecular formula is C11H13NO4. The minimum Gasteiger partial charge on any atom is -0.493 e. The first kappa shape index (κ1) is 12.2. The lowest BCUT2D eigenvalue weighted by atomic mass is 10.2. The number of aldehydes is 1. The fraction of sp³-hybridized carbons (Fsp3) is 0.364. The molecule has 0 aliphatic heterocycles. The Bertz CT molecular complexity index is 390. The quantitative estimate of drug-likeness (QED) is 0.321. The summed E-state index contributed by atoms with van der Waals surface area (Å²) in [6, 6.07) is 4.23. The van der Waals surface area contributed by atoms with Crippen molar-refractivity contribution >= 4 is 12.0 Å². The van der Waals surface area contributed by atoms with Crippen LogP contribution in [0.3, 0.4) is 0 Å². The van der Waals surface area contributed by atoms with E-state index in [1.165, 1.54) is 12.1 Å². The predicted octanol–water partition coefficient (Wildman–Crippen LogP) is 2.59. The van der Waals surface area contributed by atoms with Crippen molar-refractivity contribution in [1.82, 2.24) is 0 Å². The minimum absolute atomic E-state index is 0.0628. The van der Waals surface area contributed by atoms with E-state index in [4.69, 9.17) is 4.74 Å². The van der Waals surface area contributed by atoms with Crippen LogP contribution in [-0.4, -0.2) is 17.8 Å². The summed E-state index contributed by atoms with van der Waals surface area (Å²) in [5.41, 5.74) is -0.156. The van der Waals surface area contributed by atoms with Gasteiger partial charge in [0.05, 0.1) is 23.2 Å². The minimum atomic E-state index is -0.587. The highest BCUT2D eigenvalue weighted by molar-refractivity contribution is 5.81. The highest BCUT2D eigenvalue weighted by Crippen LogP contribution is 2.23. The summed E-state index contributed by atoms with van der Waals surface area (Å²) in [6.45, 7) is 2.55. The molecule has 0 aliphatic rings. The van der Waals surface area contributed by atoms with E-state index >= 15 is 0 Å². The highest BCUT2D eigenvalue weighted by Gasteiger charge is 2.14. The zero-order valence-electron chi connectivity index (χ0n) is 9.01. The average molecular weight is 223 g/mol. The van der Waals surface area contributed by atoms with E-state index in [-0.39, 0.29) is 11.3 Å². The smallest absolute Gasteiger partial charge is 0.283 e. The lowest BCUT2D eigenvalue weighted by molar-refractivity contribution is -0.385. The largest absolute Gasteiger partial charge is 0.493 e. The van der Waals surface area contributed by atoms with Crippen LogP contribution in [0.5, 0.6) is 5.75 Å². The summed E-state index contributed by atoms with van der Waals surface area (Å²) in [7, 11) is 0. The second kappa shape index (κ2) is 5.85. The summed E-state index contributed by atoms with van der Waals surface area (Å²) < 4.78 is 5.32. The van der Waals surface area contributed by atoms with E-state index in [1.54, 1.807) is 6.07 Å². The van der Waals surface area contributed by atoms with Crippen LogP contribution in [0.25, 0.3) is 0 Å². The Morgan fingerprint density at radius 1 is 1.50 bits per heavy atom. The summed E-state index contributed by atoms with van der Waals surface area (Å²) in [5, 5.41) is 10.7. The number of nitro groups is 1. The zero-order valence-corrected chi connectivity index (χ0v) is 9.01. The molecule has 1 rings (SSSR count). The Kier molecular flexibility index (Phi) is 4.44. The van der Waals surface area contributed by atoms with Gasteiger partial charge in [0, 0.05) is 0 Å². The van der Waals surface area contributed by atoms with Gasteiger partial charge in [-0.05, 0) is 18.6 Å². The van der Waals surface area contributed by atoms with E-state index in [0.717, 1.165) is 12.8 Å². The maximum atomic E-state index is 10.7. The van der Waals surface area contributed by atoms with Gasteiger partial charge in [-0.2, -0.15) is 0 Å². The number of carbonyl (C=O) groups is 1. The second-order valence-electron chi connectivity index (χ2n) is 3.30. The van der Waals surface area contributed by atoms with Crippen molar-refractivity contribution in [2.45, 2.75) is 19.8 Å². The van der Waals surface area contributed by atoms with E-state index < -0.39 is 4.92 Å².